The van der Waals surface area contributed by atoms with Crippen molar-refractivity contribution in [3.8, 4) is 11.5 Å². The molecule has 0 radical (unpaired) electrons. The lowest BCUT2D eigenvalue weighted by molar-refractivity contribution is -0.140. The number of amides is 2. The maximum atomic E-state index is 13.1. The van der Waals surface area contributed by atoms with Gasteiger partial charge >= 0.3 is 0 Å². The van der Waals surface area contributed by atoms with E-state index in [0.29, 0.717) is 24.6 Å². The van der Waals surface area contributed by atoms with Crippen LogP contribution in [-0.4, -0.2) is 46.3 Å². The quantitative estimate of drug-likeness (QED) is 0.426. The van der Waals surface area contributed by atoms with E-state index in [0.717, 1.165) is 10.4 Å². The number of benzene rings is 1. The molecule has 1 aliphatic heterocycles. The summed E-state index contributed by atoms with van der Waals surface area (Å²) in [5.41, 5.74) is 0.897. The first-order valence-electron chi connectivity index (χ1n) is 8.84. The molecule has 2 heterocycles. The zero-order chi connectivity index (χ0) is 20.8. The van der Waals surface area contributed by atoms with Crippen LogP contribution >= 0.6 is 34.5 Å². The predicted octanol–water partition coefficient (Wildman–Crippen LogP) is 3.82. The highest BCUT2D eigenvalue weighted by atomic mass is 35.5. The summed E-state index contributed by atoms with van der Waals surface area (Å²) in [5, 5.41) is 1.96. The van der Waals surface area contributed by atoms with Gasteiger partial charge in [0.2, 0.25) is 12.7 Å². The molecule has 0 fully saturated rings. The maximum Gasteiger partial charge on any atom is 0.256 e. The maximum absolute atomic E-state index is 13.1. The lowest BCUT2D eigenvalue weighted by Gasteiger charge is -2.27. The molecular formula is C20H20Cl2N2O4S. The van der Waals surface area contributed by atoms with E-state index in [1.807, 2.05) is 35.7 Å². The third-order valence-electron chi connectivity index (χ3n) is 4.26. The van der Waals surface area contributed by atoms with Gasteiger partial charge in [-0.25, -0.2) is 0 Å². The fraction of sp³-hybridized carbons (Fsp3) is 0.300. The zero-order valence-electron chi connectivity index (χ0n) is 15.6. The van der Waals surface area contributed by atoms with Crippen LogP contribution in [0.15, 0.2) is 48.4 Å². The van der Waals surface area contributed by atoms with Crippen molar-refractivity contribution in [3.63, 3.8) is 0 Å². The Bertz CT molecular complexity index is 873. The summed E-state index contributed by atoms with van der Waals surface area (Å²) in [6.07, 6.45) is 1.53. The first-order chi connectivity index (χ1) is 14.0. The number of ether oxygens (including phenoxy) is 2. The second-order valence-corrected chi connectivity index (χ2v) is 8.45. The van der Waals surface area contributed by atoms with Gasteiger partial charge < -0.3 is 19.3 Å². The van der Waals surface area contributed by atoms with Crippen LogP contribution in [0.4, 0.5) is 0 Å². The summed E-state index contributed by atoms with van der Waals surface area (Å²) in [4.78, 5) is 28.1. The third-order valence-corrected chi connectivity index (χ3v) is 5.50. The molecule has 0 saturated heterocycles. The number of rotatable bonds is 9. The van der Waals surface area contributed by atoms with Crippen molar-refractivity contribution in [3.05, 3.63) is 58.8 Å². The van der Waals surface area contributed by atoms with E-state index in [1.165, 1.54) is 11.0 Å². The van der Waals surface area contributed by atoms with Gasteiger partial charge in [-0.3, -0.25) is 9.59 Å². The van der Waals surface area contributed by atoms with Gasteiger partial charge in [-0.1, -0.05) is 41.4 Å². The molecule has 29 heavy (non-hydrogen) atoms. The average Bonchev–Trinajstić information content (AvgIpc) is 3.37. The summed E-state index contributed by atoms with van der Waals surface area (Å²) in [7, 11) is 0. The van der Waals surface area contributed by atoms with Crippen molar-refractivity contribution >= 4 is 46.4 Å². The van der Waals surface area contributed by atoms with E-state index in [2.05, 4.69) is 6.58 Å². The Hall–Kier alpha value is -2.22. The lowest BCUT2D eigenvalue weighted by Crippen LogP contribution is -2.44. The first kappa shape index (κ1) is 21.5. The number of nitrogens with zero attached hydrogens (tertiary/aromatic N) is 2. The van der Waals surface area contributed by atoms with E-state index < -0.39 is 10.7 Å². The van der Waals surface area contributed by atoms with Gasteiger partial charge in [0.15, 0.2) is 16.3 Å². The molecule has 0 spiro atoms. The second kappa shape index (κ2) is 10.0. The summed E-state index contributed by atoms with van der Waals surface area (Å²) in [6.45, 7) is 4.63. The number of halogens is 2. The van der Waals surface area contributed by atoms with E-state index in [-0.39, 0.29) is 25.8 Å². The van der Waals surface area contributed by atoms with Crippen LogP contribution in [0, 0.1) is 0 Å². The zero-order valence-corrected chi connectivity index (χ0v) is 17.9. The highest BCUT2D eigenvalue weighted by Gasteiger charge is 2.25. The number of hydrogen-bond acceptors (Lipinski definition) is 5. The van der Waals surface area contributed by atoms with E-state index >= 15 is 0 Å². The van der Waals surface area contributed by atoms with E-state index in [9.17, 15) is 9.59 Å². The van der Waals surface area contributed by atoms with Crippen LogP contribution in [0.3, 0.4) is 0 Å². The molecule has 0 atom stereocenters. The van der Waals surface area contributed by atoms with Gasteiger partial charge in [0.25, 0.3) is 5.91 Å². The topological polar surface area (TPSA) is 59.1 Å². The minimum atomic E-state index is -1.23. The number of carbonyl (C=O) groups excluding carboxylic acids is 2. The molecule has 1 aromatic carbocycles. The lowest BCUT2D eigenvalue weighted by atomic mass is 10.2. The SMILES string of the molecule is C=CCN(CC(=O)N(Cc1ccc2c(c1)OCO2)Cc1cccs1)C(=O)C(Cl)Cl. The van der Waals surface area contributed by atoms with Crippen molar-refractivity contribution in [1.29, 1.82) is 0 Å². The van der Waals surface area contributed by atoms with Crippen molar-refractivity contribution in [2.45, 2.75) is 17.9 Å². The molecule has 0 saturated carbocycles. The van der Waals surface area contributed by atoms with Gasteiger partial charge in [-0.2, -0.15) is 0 Å². The summed E-state index contributed by atoms with van der Waals surface area (Å²) in [5.74, 6) is 0.588. The molecule has 0 unspecified atom stereocenters. The minimum absolute atomic E-state index is 0.142. The Kier molecular flexibility index (Phi) is 7.41. The molecule has 0 bridgehead atoms. The molecule has 0 aliphatic carbocycles. The van der Waals surface area contributed by atoms with E-state index in [4.69, 9.17) is 32.7 Å². The van der Waals surface area contributed by atoms with Gasteiger partial charge in [0.05, 0.1) is 6.54 Å². The molecule has 3 rings (SSSR count). The Morgan fingerprint density at radius 3 is 2.66 bits per heavy atom. The monoisotopic (exact) mass is 454 g/mol. The predicted molar refractivity (Wildman–Crippen MR) is 113 cm³/mol. The number of alkyl halides is 2. The molecule has 6 nitrogen and oxygen atoms in total. The molecule has 1 aliphatic rings. The molecule has 1 aromatic heterocycles. The fourth-order valence-electron chi connectivity index (χ4n) is 2.87. The van der Waals surface area contributed by atoms with Gasteiger partial charge in [0.1, 0.15) is 6.54 Å². The van der Waals surface area contributed by atoms with Crippen LogP contribution in [0.1, 0.15) is 10.4 Å². The Labute approximate surface area is 183 Å². The minimum Gasteiger partial charge on any atom is -0.454 e. The summed E-state index contributed by atoms with van der Waals surface area (Å²) in [6, 6.07) is 9.47. The van der Waals surface area contributed by atoms with Crippen molar-refractivity contribution in [2.75, 3.05) is 19.9 Å². The Morgan fingerprint density at radius 1 is 1.17 bits per heavy atom. The summed E-state index contributed by atoms with van der Waals surface area (Å²) >= 11 is 13.0. The van der Waals surface area contributed by atoms with Crippen molar-refractivity contribution in [1.82, 2.24) is 9.80 Å². The van der Waals surface area contributed by atoms with Crippen LogP contribution in [0.2, 0.25) is 0 Å². The van der Waals surface area contributed by atoms with Crippen molar-refractivity contribution < 1.29 is 19.1 Å². The molecule has 2 amide bonds. The van der Waals surface area contributed by atoms with Gasteiger partial charge in [0, 0.05) is 18.0 Å². The number of hydrogen-bond donors (Lipinski definition) is 0. The van der Waals surface area contributed by atoms with Gasteiger partial charge in [-0.05, 0) is 29.1 Å². The smallest absolute Gasteiger partial charge is 0.256 e. The molecular weight excluding hydrogens is 435 g/mol. The highest BCUT2D eigenvalue weighted by Crippen LogP contribution is 2.33. The number of carbonyl (C=O) groups is 2. The fourth-order valence-corrected chi connectivity index (χ4v) is 3.87. The molecule has 9 heteroatoms. The Morgan fingerprint density at radius 2 is 1.97 bits per heavy atom. The molecule has 2 aromatic rings. The van der Waals surface area contributed by atoms with Crippen LogP contribution in [0.25, 0.3) is 0 Å². The third kappa shape index (κ3) is 5.65. The summed E-state index contributed by atoms with van der Waals surface area (Å²) < 4.78 is 10.8. The standard InChI is InChI=1S/C20H20Cl2N2O4S/c1-2-7-23(20(26)19(21)22)12-18(25)24(11-15-4-3-8-29-15)10-14-5-6-16-17(9-14)28-13-27-16/h2-6,8-9,19H,1,7,10-13H2. The molecule has 0 N–H and O–H groups in total. The van der Waals surface area contributed by atoms with E-state index in [1.54, 1.807) is 16.2 Å². The number of thiophene rings is 1. The van der Waals surface area contributed by atoms with Crippen LogP contribution in [0.5, 0.6) is 11.5 Å². The van der Waals surface area contributed by atoms with Crippen LogP contribution in [-0.2, 0) is 22.7 Å². The molecule has 154 valence electrons. The average molecular weight is 455 g/mol. The largest absolute Gasteiger partial charge is 0.454 e. The van der Waals surface area contributed by atoms with Gasteiger partial charge in [-0.15, -0.1) is 17.9 Å². The normalized spacial score (nSPS) is 12.1. The highest BCUT2D eigenvalue weighted by molar-refractivity contribution is 7.09. The second-order valence-electron chi connectivity index (χ2n) is 6.32. The first-order valence-corrected chi connectivity index (χ1v) is 10.6. The van der Waals surface area contributed by atoms with Crippen LogP contribution < -0.4 is 9.47 Å². The number of fused-ring (bicyclic) bond motifs is 1. The van der Waals surface area contributed by atoms with Crippen molar-refractivity contribution in [2.24, 2.45) is 0 Å². The Balaban J connectivity index is 1.77.